The van der Waals surface area contributed by atoms with Gasteiger partial charge < -0.3 is 24.8 Å². The molecule has 2 aliphatic carbocycles. The number of esters is 2. The number of carbonyl (C=O) groups excluding carboxylic acids is 2. The van der Waals surface area contributed by atoms with Crippen LogP contribution in [0.3, 0.4) is 0 Å². The maximum Gasteiger partial charge on any atom is 0.311 e. The van der Waals surface area contributed by atoms with Crippen molar-refractivity contribution in [1.29, 1.82) is 0 Å². The highest BCUT2D eigenvalue weighted by Crippen LogP contribution is 2.48. The molecule has 9 atom stereocenters. The molecule has 7 nitrogen and oxygen atoms in total. The maximum atomic E-state index is 12.9. The van der Waals surface area contributed by atoms with Gasteiger partial charge in [-0.25, -0.2) is 0 Å². The normalized spacial score (nSPS) is 40.2. The van der Waals surface area contributed by atoms with E-state index in [1.54, 1.807) is 6.08 Å². The molecule has 0 spiro atoms. The van der Waals surface area contributed by atoms with Crippen LogP contribution in [0.4, 0.5) is 0 Å². The zero-order valence-corrected chi connectivity index (χ0v) is 20.0. The van der Waals surface area contributed by atoms with Gasteiger partial charge >= 0.3 is 11.9 Å². The first-order valence-corrected chi connectivity index (χ1v) is 12.1. The van der Waals surface area contributed by atoms with Crippen LogP contribution in [0.25, 0.3) is 0 Å². The predicted molar refractivity (Wildman–Crippen MR) is 118 cm³/mol. The lowest BCUT2D eigenvalue weighted by molar-refractivity contribution is -0.169. The first-order valence-electron chi connectivity index (χ1n) is 12.1. The summed E-state index contributed by atoms with van der Waals surface area (Å²) >= 11 is 0. The van der Waals surface area contributed by atoms with Crippen LogP contribution < -0.4 is 0 Å². The Bertz CT molecular complexity index is 730. The number of carbonyl (C=O) groups is 2. The van der Waals surface area contributed by atoms with Gasteiger partial charge in [0.1, 0.15) is 12.2 Å². The van der Waals surface area contributed by atoms with Gasteiger partial charge in [-0.1, -0.05) is 26.8 Å². The second kappa shape index (κ2) is 9.82. The average molecular weight is 453 g/mol. The molecule has 3 rings (SSSR count). The van der Waals surface area contributed by atoms with Crippen LogP contribution >= 0.6 is 0 Å². The zero-order valence-electron chi connectivity index (χ0n) is 20.0. The lowest BCUT2D eigenvalue weighted by Gasteiger charge is -2.49. The largest absolute Gasteiger partial charge is 0.462 e. The highest BCUT2D eigenvalue weighted by atomic mass is 16.6. The number of hydrogen-bond acceptors (Lipinski definition) is 7. The summed E-state index contributed by atoms with van der Waals surface area (Å²) in [6.45, 7) is 9.63. The molecular weight excluding hydrogens is 412 g/mol. The lowest BCUT2D eigenvalue weighted by atomic mass is 9.61. The van der Waals surface area contributed by atoms with Crippen LogP contribution in [0.15, 0.2) is 11.6 Å². The summed E-state index contributed by atoms with van der Waals surface area (Å²) < 4.78 is 11.5. The Morgan fingerprint density at radius 2 is 1.88 bits per heavy atom. The molecule has 1 saturated carbocycles. The topological polar surface area (TPSA) is 113 Å². The zero-order chi connectivity index (χ0) is 23.8. The Balaban J connectivity index is 1.83. The van der Waals surface area contributed by atoms with Crippen molar-refractivity contribution < 1.29 is 34.4 Å². The first kappa shape index (κ1) is 25.2. The van der Waals surface area contributed by atoms with Gasteiger partial charge in [0.2, 0.25) is 0 Å². The van der Waals surface area contributed by atoms with Crippen LogP contribution in [0.1, 0.15) is 73.1 Å². The van der Waals surface area contributed by atoms with Gasteiger partial charge in [-0.2, -0.15) is 0 Å². The van der Waals surface area contributed by atoms with Gasteiger partial charge in [-0.15, -0.1) is 0 Å². The van der Waals surface area contributed by atoms with E-state index in [0.29, 0.717) is 32.1 Å². The minimum absolute atomic E-state index is 0.0277. The molecule has 2 fully saturated rings. The standard InChI is InChI=1S/C25H40O7/c1-6-25(4,5)24(30)32-20-9-13(2)23(29)18-12-19(27)14(3)17(22(18)20)8-7-16-10-15(26)11-21(28)31-16/h12-17,19-20,22-23,26-27,29H,6-11H2,1-5H3/t13-,14-,15-,16-,17+,19-,20+,22-,23-/m1/s1. The summed E-state index contributed by atoms with van der Waals surface area (Å²) in [7, 11) is 0. The summed E-state index contributed by atoms with van der Waals surface area (Å²) in [6.07, 6.45) is 1.79. The van der Waals surface area contributed by atoms with E-state index >= 15 is 0 Å². The van der Waals surface area contributed by atoms with Crippen molar-refractivity contribution in [3.63, 3.8) is 0 Å². The van der Waals surface area contributed by atoms with Crippen LogP contribution in [-0.2, 0) is 19.1 Å². The molecule has 0 aromatic rings. The Labute approximate surface area is 191 Å². The highest BCUT2D eigenvalue weighted by molar-refractivity contribution is 5.76. The number of fused-ring (bicyclic) bond motifs is 1. The average Bonchev–Trinajstić information content (AvgIpc) is 2.71. The fourth-order valence-corrected chi connectivity index (χ4v) is 5.47. The molecule has 7 heteroatoms. The number of cyclic esters (lactones) is 1. The molecule has 1 saturated heterocycles. The number of aliphatic hydroxyl groups excluding tert-OH is 3. The number of rotatable bonds is 6. The smallest absolute Gasteiger partial charge is 0.311 e. The number of hydrogen-bond donors (Lipinski definition) is 3. The van der Waals surface area contributed by atoms with E-state index in [9.17, 15) is 24.9 Å². The van der Waals surface area contributed by atoms with Crippen molar-refractivity contribution in [2.75, 3.05) is 0 Å². The summed E-state index contributed by atoms with van der Waals surface area (Å²) in [5, 5.41) is 31.6. The highest BCUT2D eigenvalue weighted by Gasteiger charge is 2.49. The minimum Gasteiger partial charge on any atom is -0.462 e. The SMILES string of the molecule is CCC(C)(C)C(=O)O[C@H]1C[C@@H](C)[C@@H](O)C2=C[C@@H](O)[C@H](C)[C@H](CC[C@@H]3C[C@@H](O)CC(=O)O3)[C@H]21. The molecule has 3 aliphatic rings. The van der Waals surface area contributed by atoms with Gasteiger partial charge in [0, 0.05) is 12.3 Å². The Hall–Kier alpha value is -1.44. The van der Waals surface area contributed by atoms with Crippen molar-refractivity contribution in [3.05, 3.63) is 11.6 Å². The van der Waals surface area contributed by atoms with E-state index in [1.165, 1.54) is 0 Å². The van der Waals surface area contributed by atoms with Crippen LogP contribution in [0, 0.1) is 29.1 Å². The predicted octanol–water partition coefficient (Wildman–Crippen LogP) is 2.75. The first-order chi connectivity index (χ1) is 14.9. The van der Waals surface area contributed by atoms with Crippen LogP contribution in [0.5, 0.6) is 0 Å². The molecule has 32 heavy (non-hydrogen) atoms. The minimum atomic E-state index is -0.700. The molecule has 0 aromatic heterocycles. The molecular formula is C25H40O7. The van der Waals surface area contributed by atoms with Crippen molar-refractivity contribution in [1.82, 2.24) is 0 Å². The maximum absolute atomic E-state index is 12.9. The van der Waals surface area contributed by atoms with Crippen molar-refractivity contribution in [3.8, 4) is 0 Å². The summed E-state index contributed by atoms with van der Waals surface area (Å²) in [6, 6.07) is 0. The van der Waals surface area contributed by atoms with Crippen LogP contribution in [-0.4, -0.2) is 57.8 Å². The quantitative estimate of drug-likeness (QED) is 0.419. The molecule has 3 N–H and O–H groups in total. The number of aliphatic hydroxyl groups is 3. The van der Waals surface area contributed by atoms with Crippen LogP contribution in [0.2, 0.25) is 0 Å². The van der Waals surface area contributed by atoms with E-state index in [1.807, 2.05) is 34.6 Å². The van der Waals surface area contributed by atoms with Crippen molar-refractivity contribution in [2.45, 2.75) is 104 Å². The Morgan fingerprint density at radius 1 is 1.19 bits per heavy atom. The third-order valence-corrected chi connectivity index (χ3v) is 8.06. The second-order valence-electron chi connectivity index (χ2n) is 10.8. The fourth-order valence-electron chi connectivity index (χ4n) is 5.47. The molecule has 0 unspecified atom stereocenters. The third-order valence-electron chi connectivity index (χ3n) is 8.06. The number of ether oxygens (including phenoxy) is 2. The van der Waals surface area contributed by atoms with E-state index < -0.39 is 23.7 Å². The van der Waals surface area contributed by atoms with E-state index in [-0.39, 0.29) is 54.2 Å². The van der Waals surface area contributed by atoms with E-state index in [2.05, 4.69) is 0 Å². The van der Waals surface area contributed by atoms with Crippen molar-refractivity contribution in [2.24, 2.45) is 29.1 Å². The van der Waals surface area contributed by atoms with Gasteiger partial charge in [-0.3, -0.25) is 9.59 Å². The van der Waals surface area contributed by atoms with Gasteiger partial charge in [-0.05, 0) is 62.9 Å². The molecule has 182 valence electrons. The molecule has 1 aliphatic heterocycles. The van der Waals surface area contributed by atoms with E-state index in [0.717, 1.165) is 5.57 Å². The Kier molecular flexibility index (Phi) is 7.73. The van der Waals surface area contributed by atoms with E-state index in [4.69, 9.17) is 9.47 Å². The van der Waals surface area contributed by atoms with Gasteiger partial charge in [0.05, 0.1) is 30.1 Å². The lowest BCUT2D eigenvalue weighted by Crippen LogP contribution is -2.51. The van der Waals surface area contributed by atoms with Gasteiger partial charge in [0.15, 0.2) is 0 Å². The molecule has 0 aromatic carbocycles. The molecule has 0 amide bonds. The van der Waals surface area contributed by atoms with Crippen molar-refractivity contribution >= 4 is 11.9 Å². The monoisotopic (exact) mass is 452 g/mol. The summed E-state index contributed by atoms with van der Waals surface area (Å²) in [4.78, 5) is 24.7. The summed E-state index contributed by atoms with van der Waals surface area (Å²) in [5.74, 6) is -1.06. The Morgan fingerprint density at radius 3 is 2.50 bits per heavy atom. The second-order valence-corrected chi connectivity index (χ2v) is 10.8. The molecule has 1 heterocycles. The summed E-state index contributed by atoms with van der Waals surface area (Å²) in [5.41, 5.74) is 0.164. The molecule has 0 radical (unpaired) electrons. The molecule has 0 bridgehead atoms. The fraction of sp³-hybridized carbons (Fsp3) is 0.840. The van der Waals surface area contributed by atoms with Gasteiger partial charge in [0.25, 0.3) is 0 Å². The third kappa shape index (κ3) is 5.20.